The molecule has 4 rings (SSSR count). The fourth-order valence-corrected chi connectivity index (χ4v) is 7.88. The molecule has 5 heteroatoms. The molecule has 3 aromatic carbocycles. The van der Waals surface area contributed by atoms with Crippen molar-refractivity contribution in [1.82, 2.24) is 0 Å². The number of hydrogen-bond donors (Lipinski definition) is 0. The first kappa shape index (κ1) is 28.9. The molecule has 152 valence electrons. The third-order valence-corrected chi connectivity index (χ3v) is 9.86. The van der Waals surface area contributed by atoms with Crippen LogP contribution in [-0.2, 0) is 28.1 Å². The summed E-state index contributed by atoms with van der Waals surface area (Å²) in [5, 5.41) is 4.36. The third-order valence-electron chi connectivity index (χ3n) is 5.39. The molecule has 0 nitrogen and oxygen atoms in total. The molecule has 30 heavy (non-hydrogen) atoms. The van der Waals surface area contributed by atoms with E-state index in [1.807, 2.05) is 0 Å². The Hall–Kier alpha value is -1.06. The normalized spacial score (nSPS) is 12.2. The number of benzene rings is 3. The molecule has 1 aliphatic rings. The Bertz CT molecular complexity index is 902. The minimum Gasteiger partial charge on any atom is -1.00 e. The predicted molar refractivity (Wildman–Crippen MR) is 113 cm³/mol. The van der Waals surface area contributed by atoms with Crippen molar-refractivity contribution in [2.75, 3.05) is 0 Å². The molecule has 0 aromatic heterocycles. The fraction of sp³-hybridized carbons (Fsp3) is 0.120. The van der Waals surface area contributed by atoms with Crippen LogP contribution in [0.1, 0.15) is 12.0 Å². The quantitative estimate of drug-likeness (QED) is 0.243. The second kappa shape index (κ2) is 13.4. The van der Waals surface area contributed by atoms with Crippen molar-refractivity contribution in [3.05, 3.63) is 119 Å². The molecule has 0 spiro atoms. The second-order valence-electron chi connectivity index (χ2n) is 7.00. The van der Waals surface area contributed by atoms with Gasteiger partial charge in [-0.1, -0.05) is 120 Å². The summed E-state index contributed by atoms with van der Waals surface area (Å²) < 4.78 is 0. The largest absolute Gasteiger partial charge is 4.00 e. The van der Waals surface area contributed by atoms with Crippen LogP contribution < -0.4 is 47.6 Å². The molecular weight excluding hydrogens is 483 g/mol. The second-order valence-corrected chi connectivity index (χ2v) is 10.9. The summed E-state index contributed by atoms with van der Waals surface area (Å²) in [5.74, 6) is 0. The van der Waals surface area contributed by atoms with Crippen LogP contribution in [0.4, 0.5) is 0 Å². The molecule has 0 radical (unpaired) electrons. The zero-order valence-electron chi connectivity index (χ0n) is 16.8. The maximum absolute atomic E-state index is 3.75. The molecule has 0 bridgehead atoms. The minimum atomic E-state index is -2.05. The predicted octanol–water partition coefficient (Wildman–Crippen LogP) is -4.27. The standard InChI is InChI=1S/C25H23Si.3ClH.Ti/c1-26(23-15-7-3-8-16-23,24-17-9-4-10-18-24)25-19-11-14-22(25)20-21-12-5-2-6-13-21;;;;/h2-10,12-18H,11,20H2,1H3;3*1H;/q-1;;;;+4/p-3. The van der Waals surface area contributed by atoms with E-state index in [2.05, 4.69) is 110 Å². The number of halogens is 3. The van der Waals surface area contributed by atoms with Crippen LogP contribution in [0.15, 0.2) is 108 Å². The Balaban J connectivity index is 0.00000210. The van der Waals surface area contributed by atoms with Crippen LogP contribution in [0.5, 0.6) is 0 Å². The van der Waals surface area contributed by atoms with Crippen LogP contribution in [0, 0.1) is 6.08 Å². The first-order valence-electron chi connectivity index (χ1n) is 9.24. The van der Waals surface area contributed by atoms with Crippen LogP contribution in [0.3, 0.4) is 0 Å². The van der Waals surface area contributed by atoms with Crippen LogP contribution in [0.25, 0.3) is 0 Å². The van der Waals surface area contributed by atoms with Gasteiger partial charge in [0.15, 0.2) is 0 Å². The van der Waals surface area contributed by atoms with E-state index >= 15 is 0 Å². The van der Waals surface area contributed by atoms with E-state index in [0.29, 0.717) is 0 Å². The third kappa shape index (κ3) is 6.01. The van der Waals surface area contributed by atoms with Crippen molar-refractivity contribution in [3.63, 3.8) is 0 Å². The summed E-state index contributed by atoms with van der Waals surface area (Å²) in [6.07, 6.45) is 8.05. The van der Waals surface area contributed by atoms with Gasteiger partial charge in [-0.3, -0.25) is 6.08 Å². The van der Waals surface area contributed by atoms with Gasteiger partial charge in [-0.2, -0.15) is 11.6 Å². The zero-order chi connectivity index (χ0) is 17.8. The van der Waals surface area contributed by atoms with Crippen LogP contribution in [0.2, 0.25) is 6.55 Å². The monoisotopic (exact) mass is 504 g/mol. The van der Waals surface area contributed by atoms with E-state index in [0.717, 1.165) is 12.8 Å². The fourth-order valence-electron chi connectivity index (χ4n) is 3.96. The Morgan fingerprint density at radius 2 is 1.13 bits per heavy atom. The van der Waals surface area contributed by atoms with Crippen molar-refractivity contribution >= 4 is 18.4 Å². The first-order chi connectivity index (χ1) is 12.8. The molecular formula is C25H23Cl3SiTi. The first-order valence-corrected chi connectivity index (χ1v) is 11.7. The maximum Gasteiger partial charge on any atom is 4.00 e. The van der Waals surface area contributed by atoms with E-state index in [1.165, 1.54) is 26.7 Å². The minimum absolute atomic E-state index is 0. The van der Waals surface area contributed by atoms with Crippen molar-refractivity contribution < 1.29 is 58.9 Å². The van der Waals surface area contributed by atoms with E-state index in [4.69, 9.17) is 0 Å². The summed E-state index contributed by atoms with van der Waals surface area (Å²) in [7, 11) is -2.05. The van der Waals surface area contributed by atoms with E-state index < -0.39 is 8.07 Å². The molecule has 1 aliphatic carbocycles. The van der Waals surface area contributed by atoms with Gasteiger partial charge in [0.1, 0.15) is 8.07 Å². The maximum atomic E-state index is 3.75. The SMILES string of the molecule is C[Si](C1=[C-]CC=C1Cc1ccccc1)(c1ccccc1)c1ccccc1.[Cl-].[Cl-].[Cl-].[Ti+4]. The topological polar surface area (TPSA) is 0 Å². The van der Waals surface area contributed by atoms with Gasteiger partial charge in [0.25, 0.3) is 0 Å². The molecule has 3 aromatic rings. The van der Waals surface area contributed by atoms with Gasteiger partial charge in [-0.05, 0) is 0 Å². The average molecular weight is 506 g/mol. The molecule has 0 saturated heterocycles. The summed E-state index contributed by atoms with van der Waals surface area (Å²) in [5.41, 5.74) is 2.83. The summed E-state index contributed by atoms with van der Waals surface area (Å²) in [4.78, 5) is 0. The van der Waals surface area contributed by atoms with Gasteiger partial charge in [0, 0.05) is 0 Å². The van der Waals surface area contributed by atoms with E-state index in [-0.39, 0.29) is 58.9 Å². The van der Waals surface area contributed by atoms with Crippen molar-refractivity contribution in [1.29, 1.82) is 0 Å². The summed E-state index contributed by atoms with van der Waals surface area (Å²) in [6, 6.07) is 32.9. The molecule has 0 aliphatic heterocycles. The van der Waals surface area contributed by atoms with Crippen LogP contribution in [-0.4, -0.2) is 8.07 Å². The number of rotatable bonds is 5. The molecule has 0 N–H and O–H groups in total. The van der Waals surface area contributed by atoms with Crippen molar-refractivity contribution in [3.8, 4) is 0 Å². The number of hydrogen-bond acceptors (Lipinski definition) is 0. The van der Waals surface area contributed by atoms with Crippen molar-refractivity contribution in [2.45, 2.75) is 19.4 Å². The van der Waals surface area contributed by atoms with E-state index in [9.17, 15) is 0 Å². The Kier molecular flexibility index (Phi) is 12.9. The molecule has 0 amide bonds. The molecule has 0 atom stereocenters. The zero-order valence-corrected chi connectivity index (χ0v) is 21.6. The average Bonchev–Trinajstić information content (AvgIpc) is 3.18. The summed E-state index contributed by atoms with van der Waals surface area (Å²) in [6.45, 7) is 2.48. The molecule has 0 unspecified atom stereocenters. The molecule has 0 heterocycles. The van der Waals surface area contributed by atoms with Gasteiger partial charge in [0.05, 0.1) is 0 Å². The van der Waals surface area contributed by atoms with Crippen molar-refractivity contribution in [2.24, 2.45) is 0 Å². The summed E-state index contributed by atoms with van der Waals surface area (Å²) >= 11 is 0. The van der Waals surface area contributed by atoms with Crippen LogP contribution >= 0.6 is 0 Å². The molecule has 0 saturated carbocycles. The smallest absolute Gasteiger partial charge is 1.00 e. The number of allylic oxidation sites excluding steroid dienone is 4. The Labute approximate surface area is 215 Å². The van der Waals surface area contributed by atoms with Gasteiger partial charge < -0.3 is 37.2 Å². The van der Waals surface area contributed by atoms with Gasteiger partial charge in [-0.15, -0.1) is 6.42 Å². The Morgan fingerprint density at radius 3 is 1.60 bits per heavy atom. The Morgan fingerprint density at radius 1 is 0.700 bits per heavy atom. The van der Waals surface area contributed by atoms with Gasteiger partial charge in [0.2, 0.25) is 0 Å². The van der Waals surface area contributed by atoms with Gasteiger partial charge >= 0.3 is 21.7 Å². The van der Waals surface area contributed by atoms with Gasteiger partial charge in [-0.25, -0.2) is 5.20 Å². The molecule has 0 fully saturated rings. The van der Waals surface area contributed by atoms with E-state index in [1.54, 1.807) is 0 Å².